The van der Waals surface area contributed by atoms with Crippen molar-refractivity contribution >= 4 is 63.7 Å². The van der Waals surface area contributed by atoms with Crippen LogP contribution in [0.2, 0.25) is 0 Å². The number of aryl methyl sites for hydroxylation is 1. The van der Waals surface area contributed by atoms with Crippen LogP contribution in [0, 0.1) is 6.92 Å². The van der Waals surface area contributed by atoms with Gasteiger partial charge in [-0.2, -0.15) is 0 Å². The van der Waals surface area contributed by atoms with Crippen LogP contribution in [0.15, 0.2) is 23.1 Å². The van der Waals surface area contributed by atoms with E-state index in [1.54, 1.807) is 11.3 Å². The number of aromatic nitrogens is 1. The van der Waals surface area contributed by atoms with Gasteiger partial charge in [0.05, 0.1) is 15.2 Å². The van der Waals surface area contributed by atoms with Crippen LogP contribution in [0.1, 0.15) is 5.01 Å². The normalized spacial score (nSPS) is 9.83. The molecular formula is C8H8NNaS2. The second-order valence-electron chi connectivity index (χ2n) is 2.36. The van der Waals surface area contributed by atoms with E-state index >= 15 is 0 Å². The molecule has 0 bridgehead atoms. The molecule has 0 amide bonds. The Labute approximate surface area is 103 Å². The Morgan fingerprint density at radius 1 is 1.42 bits per heavy atom. The summed E-state index contributed by atoms with van der Waals surface area (Å²) < 4.78 is 1.22. The average Bonchev–Trinajstić information content (AvgIpc) is 2.31. The summed E-state index contributed by atoms with van der Waals surface area (Å²) in [6.07, 6.45) is 0. The number of fused-ring (bicyclic) bond motifs is 1. The first-order chi connectivity index (χ1) is 5.27. The summed E-state index contributed by atoms with van der Waals surface area (Å²) in [5.41, 5.74) is 1.03. The quantitative estimate of drug-likeness (QED) is 0.514. The van der Waals surface area contributed by atoms with Crippen LogP contribution in [-0.4, -0.2) is 34.5 Å². The van der Waals surface area contributed by atoms with Crippen LogP contribution in [0.3, 0.4) is 0 Å². The Morgan fingerprint density at radius 2 is 2.17 bits per heavy atom. The van der Waals surface area contributed by atoms with Gasteiger partial charge in [-0.3, -0.25) is 0 Å². The number of hydrogen-bond acceptors (Lipinski definition) is 3. The number of hydrogen-bond donors (Lipinski definition) is 1. The minimum atomic E-state index is 0. The first-order valence-electron chi connectivity index (χ1n) is 3.32. The number of para-hydroxylation sites is 1. The summed E-state index contributed by atoms with van der Waals surface area (Å²) in [4.78, 5) is 5.32. The summed E-state index contributed by atoms with van der Waals surface area (Å²) in [6.45, 7) is 2.01. The van der Waals surface area contributed by atoms with Crippen LogP contribution >= 0.6 is 24.0 Å². The van der Waals surface area contributed by atoms with Gasteiger partial charge in [0.1, 0.15) is 0 Å². The second kappa shape index (κ2) is 4.11. The summed E-state index contributed by atoms with van der Waals surface area (Å²) >= 11 is 6.01. The van der Waals surface area contributed by atoms with Crippen molar-refractivity contribution < 1.29 is 0 Å². The second-order valence-corrected chi connectivity index (χ2v) is 4.07. The topological polar surface area (TPSA) is 12.9 Å². The Morgan fingerprint density at radius 3 is 2.83 bits per heavy atom. The van der Waals surface area contributed by atoms with Crippen LogP contribution in [0.5, 0.6) is 0 Å². The Balaban J connectivity index is 0.000000720. The predicted molar refractivity (Wildman–Crippen MR) is 58.8 cm³/mol. The molecule has 2 aromatic rings. The molecule has 0 aliphatic rings. The molecule has 0 fully saturated rings. The maximum absolute atomic E-state index is 4.35. The Kier molecular flexibility index (Phi) is 3.61. The number of benzene rings is 1. The van der Waals surface area contributed by atoms with Crippen molar-refractivity contribution in [1.82, 2.24) is 4.98 Å². The molecule has 0 atom stereocenters. The molecule has 12 heavy (non-hydrogen) atoms. The number of thiazole rings is 1. The van der Waals surface area contributed by atoms with Gasteiger partial charge in [0.25, 0.3) is 0 Å². The zero-order valence-corrected chi connectivity index (χ0v) is 7.75. The molecule has 0 radical (unpaired) electrons. The molecule has 0 aliphatic heterocycles. The van der Waals surface area contributed by atoms with Crippen LogP contribution in [0.4, 0.5) is 0 Å². The monoisotopic (exact) mass is 205 g/mol. The molecule has 1 aromatic carbocycles. The van der Waals surface area contributed by atoms with E-state index in [1.165, 1.54) is 4.70 Å². The fourth-order valence-electron chi connectivity index (χ4n) is 1.04. The average molecular weight is 205 g/mol. The molecule has 58 valence electrons. The van der Waals surface area contributed by atoms with E-state index in [9.17, 15) is 0 Å². The van der Waals surface area contributed by atoms with Gasteiger partial charge in [-0.1, -0.05) is 6.07 Å². The summed E-state index contributed by atoms with van der Waals surface area (Å²) in [5.74, 6) is 0. The third kappa shape index (κ3) is 1.86. The van der Waals surface area contributed by atoms with Crippen molar-refractivity contribution in [1.29, 1.82) is 0 Å². The Bertz CT molecular complexity index is 397. The van der Waals surface area contributed by atoms with Gasteiger partial charge in [0.15, 0.2) is 0 Å². The van der Waals surface area contributed by atoms with Gasteiger partial charge in [0, 0.05) is 4.90 Å². The molecule has 0 N–H and O–H groups in total. The molecule has 1 heterocycles. The maximum atomic E-state index is 4.35. The van der Waals surface area contributed by atoms with Crippen LogP contribution < -0.4 is 0 Å². The standard InChI is InChI=1S/C8H7NS2.Na.H/c1-5-9-8-6(10)3-2-4-7(8)11-5;;/h2-4,10H,1H3;;. The molecule has 0 unspecified atom stereocenters. The number of thiol groups is 1. The molecule has 0 spiro atoms. The first-order valence-corrected chi connectivity index (χ1v) is 4.59. The van der Waals surface area contributed by atoms with Crippen molar-refractivity contribution in [2.24, 2.45) is 0 Å². The third-order valence-corrected chi connectivity index (χ3v) is 2.80. The molecular weight excluding hydrogens is 197 g/mol. The summed E-state index contributed by atoms with van der Waals surface area (Å²) in [7, 11) is 0. The molecule has 0 saturated carbocycles. The number of rotatable bonds is 0. The van der Waals surface area contributed by atoms with Gasteiger partial charge in [-0.15, -0.1) is 24.0 Å². The Hall–Kier alpha value is 0.460. The molecule has 0 saturated heterocycles. The van der Waals surface area contributed by atoms with E-state index in [-0.39, 0.29) is 29.6 Å². The van der Waals surface area contributed by atoms with Crippen LogP contribution in [-0.2, 0) is 0 Å². The van der Waals surface area contributed by atoms with Gasteiger partial charge >= 0.3 is 29.6 Å². The van der Waals surface area contributed by atoms with E-state index in [2.05, 4.69) is 23.7 Å². The van der Waals surface area contributed by atoms with Gasteiger partial charge in [0.2, 0.25) is 0 Å². The van der Waals surface area contributed by atoms with Gasteiger partial charge < -0.3 is 0 Å². The molecule has 1 aromatic heterocycles. The minimum absolute atomic E-state index is 0. The first kappa shape index (κ1) is 10.5. The van der Waals surface area contributed by atoms with Crippen LogP contribution in [0.25, 0.3) is 10.2 Å². The van der Waals surface area contributed by atoms with Crippen molar-refractivity contribution in [3.05, 3.63) is 23.2 Å². The molecule has 2 rings (SSSR count). The predicted octanol–water partition coefficient (Wildman–Crippen LogP) is 2.24. The van der Waals surface area contributed by atoms with E-state index in [4.69, 9.17) is 0 Å². The van der Waals surface area contributed by atoms with E-state index in [0.717, 1.165) is 15.4 Å². The van der Waals surface area contributed by atoms with Gasteiger partial charge in [-0.05, 0) is 19.1 Å². The zero-order chi connectivity index (χ0) is 7.84. The zero-order valence-electron chi connectivity index (χ0n) is 6.03. The fraction of sp³-hybridized carbons (Fsp3) is 0.125. The molecule has 4 heteroatoms. The van der Waals surface area contributed by atoms with Crippen molar-refractivity contribution in [3.8, 4) is 0 Å². The SMILES string of the molecule is Cc1nc2c(S)cccc2s1.[NaH]. The van der Waals surface area contributed by atoms with Crippen molar-refractivity contribution in [2.45, 2.75) is 11.8 Å². The summed E-state index contributed by atoms with van der Waals surface area (Å²) in [5, 5.41) is 1.10. The summed E-state index contributed by atoms with van der Waals surface area (Å²) in [6, 6.07) is 6.03. The van der Waals surface area contributed by atoms with Crippen molar-refractivity contribution in [2.75, 3.05) is 0 Å². The molecule has 1 nitrogen and oxygen atoms in total. The van der Waals surface area contributed by atoms with E-state index in [0.29, 0.717) is 0 Å². The fourth-order valence-corrected chi connectivity index (χ4v) is 2.23. The van der Waals surface area contributed by atoms with Gasteiger partial charge in [-0.25, -0.2) is 4.98 Å². The third-order valence-electron chi connectivity index (χ3n) is 1.50. The van der Waals surface area contributed by atoms with E-state index in [1.807, 2.05) is 19.1 Å². The molecule has 0 aliphatic carbocycles. The van der Waals surface area contributed by atoms with Crippen molar-refractivity contribution in [3.63, 3.8) is 0 Å². The number of nitrogens with zero attached hydrogens (tertiary/aromatic N) is 1. The van der Waals surface area contributed by atoms with E-state index < -0.39 is 0 Å².